The molecule has 0 aliphatic rings. The van der Waals surface area contributed by atoms with Gasteiger partial charge in [-0.15, -0.1) is 12.4 Å². The van der Waals surface area contributed by atoms with E-state index in [9.17, 15) is 9.59 Å². The van der Waals surface area contributed by atoms with E-state index in [4.69, 9.17) is 15.9 Å². The van der Waals surface area contributed by atoms with Gasteiger partial charge in [-0.25, -0.2) is 4.79 Å². The van der Waals surface area contributed by atoms with Crippen LogP contribution in [0.3, 0.4) is 0 Å². The standard InChI is InChI=1S/C6H13NO2.C4H6O2.ClH/c1-4(2)3-5(7)6(8)9;1-3(2)4(5)6;/h4-5H,3,7H2,1-2H3,(H,8,9);1H2,2H3,(H,5,6);1H. The van der Waals surface area contributed by atoms with Crippen LogP contribution in [0.5, 0.6) is 0 Å². The maximum Gasteiger partial charge on any atom is 0.330 e. The van der Waals surface area contributed by atoms with Crippen molar-refractivity contribution < 1.29 is 19.8 Å². The number of halogens is 1. The van der Waals surface area contributed by atoms with Crippen LogP contribution in [0.2, 0.25) is 0 Å². The predicted octanol–water partition coefficient (Wildman–Crippen LogP) is 1.51. The van der Waals surface area contributed by atoms with E-state index in [1.165, 1.54) is 6.92 Å². The summed E-state index contributed by atoms with van der Waals surface area (Å²) >= 11 is 0. The lowest BCUT2D eigenvalue weighted by Gasteiger charge is -2.07. The van der Waals surface area contributed by atoms with E-state index >= 15 is 0 Å². The monoisotopic (exact) mass is 253 g/mol. The van der Waals surface area contributed by atoms with Gasteiger partial charge in [0.05, 0.1) is 0 Å². The van der Waals surface area contributed by atoms with Crippen molar-refractivity contribution in [2.24, 2.45) is 11.7 Å². The van der Waals surface area contributed by atoms with Crippen LogP contribution in [-0.2, 0) is 9.59 Å². The zero-order chi connectivity index (χ0) is 12.6. The number of nitrogens with two attached hydrogens (primary N) is 1. The van der Waals surface area contributed by atoms with Crippen LogP contribution in [0.25, 0.3) is 0 Å². The van der Waals surface area contributed by atoms with E-state index in [1.54, 1.807) is 0 Å². The lowest BCUT2D eigenvalue weighted by Crippen LogP contribution is -2.31. The molecular weight excluding hydrogens is 234 g/mol. The quantitative estimate of drug-likeness (QED) is 0.660. The van der Waals surface area contributed by atoms with Gasteiger partial charge < -0.3 is 15.9 Å². The van der Waals surface area contributed by atoms with Crippen LogP contribution in [0.4, 0.5) is 0 Å². The van der Waals surface area contributed by atoms with Crippen molar-refractivity contribution in [3.8, 4) is 0 Å². The number of rotatable bonds is 4. The number of carboxylic acids is 2. The molecule has 0 aliphatic carbocycles. The van der Waals surface area contributed by atoms with Gasteiger partial charge in [0.15, 0.2) is 0 Å². The molecule has 0 radical (unpaired) electrons. The number of carboxylic acid groups (broad SMARTS) is 2. The Kier molecular flexibility index (Phi) is 13.3. The Bertz CT molecular complexity index is 229. The van der Waals surface area contributed by atoms with Gasteiger partial charge in [0.25, 0.3) is 0 Å². The summed E-state index contributed by atoms with van der Waals surface area (Å²) < 4.78 is 0. The third kappa shape index (κ3) is 15.4. The highest BCUT2D eigenvalue weighted by atomic mass is 35.5. The average molecular weight is 254 g/mol. The van der Waals surface area contributed by atoms with Gasteiger partial charge in [-0.3, -0.25) is 4.79 Å². The Hall–Kier alpha value is -1.07. The molecule has 0 rings (SSSR count). The first kappa shape index (κ1) is 20.4. The molecular formula is C10H20ClNO4. The highest BCUT2D eigenvalue weighted by molar-refractivity contribution is 5.85. The molecule has 96 valence electrons. The normalized spacial score (nSPS) is 10.6. The molecule has 0 saturated carbocycles. The van der Waals surface area contributed by atoms with Crippen LogP contribution in [0.1, 0.15) is 27.2 Å². The van der Waals surface area contributed by atoms with E-state index in [0.29, 0.717) is 12.3 Å². The summed E-state index contributed by atoms with van der Waals surface area (Å²) in [5.41, 5.74) is 5.39. The van der Waals surface area contributed by atoms with Crippen LogP contribution in [-0.4, -0.2) is 28.2 Å². The van der Waals surface area contributed by atoms with Crippen LogP contribution in [0, 0.1) is 5.92 Å². The molecule has 0 aromatic heterocycles. The number of carbonyl (C=O) groups is 2. The molecule has 0 amide bonds. The van der Waals surface area contributed by atoms with Crippen molar-refractivity contribution in [3.05, 3.63) is 12.2 Å². The highest BCUT2D eigenvalue weighted by Crippen LogP contribution is 2.01. The van der Waals surface area contributed by atoms with Crippen molar-refractivity contribution in [1.82, 2.24) is 0 Å². The molecule has 0 aromatic carbocycles. The topological polar surface area (TPSA) is 101 Å². The lowest BCUT2D eigenvalue weighted by molar-refractivity contribution is -0.139. The van der Waals surface area contributed by atoms with Crippen molar-refractivity contribution >= 4 is 24.3 Å². The zero-order valence-electron chi connectivity index (χ0n) is 9.77. The summed E-state index contributed by atoms with van der Waals surface area (Å²) in [5.74, 6) is -1.49. The molecule has 0 bridgehead atoms. The minimum absolute atomic E-state index is 0. The molecule has 6 heteroatoms. The van der Waals surface area contributed by atoms with Gasteiger partial charge in [0.2, 0.25) is 0 Å². The van der Waals surface area contributed by atoms with Crippen molar-refractivity contribution in [2.75, 3.05) is 0 Å². The zero-order valence-corrected chi connectivity index (χ0v) is 10.6. The van der Waals surface area contributed by atoms with E-state index in [2.05, 4.69) is 6.58 Å². The smallest absolute Gasteiger partial charge is 0.330 e. The van der Waals surface area contributed by atoms with Gasteiger partial charge >= 0.3 is 11.9 Å². The predicted molar refractivity (Wildman–Crippen MR) is 64.8 cm³/mol. The Labute approximate surface area is 102 Å². The fraction of sp³-hybridized carbons (Fsp3) is 0.600. The fourth-order valence-corrected chi connectivity index (χ4v) is 0.609. The lowest BCUT2D eigenvalue weighted by atomic mass is 10.1. The molecule has 0 fully saturated rings. The minimum atomic E-state index is -0.935. The van der Waals surface area contributed by atoms with E-state index < -0.39 is 18.0 Å². The first-order valence-electron chi connectivity index (χ1n) is 4.55. The van der Waals surface area contributed by atoms with Crippen LogP contribution in [0.15, 0.2) is 12.2 Å². The second-order valence-corrected chi connectivity index (χ2v) is 3.66. The average Bonchev–Trinajstić information content (AvgIpc) is 2.03. The van der Waals surface area contributed by atoms with Crippen molar-refractivity contribution in [1.29, 1.82) is 0 Å². The van der Waals surface area contributed by atoms with Crippen LogP contribution < -0.4 is 5.73 Å². The summed E-state index contributed by atoms with van der Waals surface area (Å²) in [6.45, 7) is 8.50. The Morgan fingerprint density at radius 3 is 1.69 bits per heavy atom. The summed E-state index contributed by atoms with van der Waals surface area (Å²) in [4.78, 5) is 19.7. The van der Waals surface area contributed by atoms with E-state index in [0.717, 1.165) is 0 Å². The SMILES string of the molecule is C=C(C)C(=O)O.CC(C)CC(N)C(=O)O.Cl. The van der Waals surface area contributed by atoms with Gasteiger partial charge in [0.1, 0.15) is 6.04 Å². The second kappa shape index (κ2) is 10.4. The molecule has 0 saturated heterocycles. The Morgan fingerprint density at radius 2 is 1.62 bits per heavy atom. The maximum absolute atomic E-state index is 10.1. The van der Waals surface area contributed by atoms with Gasteiger partial charge in [-0.05, 0) is 19.3 Å². The summed E-state index contributed by atoms with van der Waals surface area (Å²) in [6.07, 6.45) is 0.551. The van der Waals surface area contributed by atoms with Gasteiger partial charge in [-0.1, -0.05) is 20.4 Å². The molecule has 0 heterocycles. The molecule has 0 spiro atoms. The first-order chi connectivity index (χ1) is 6.68. The molecule has 5 nitrogen and oxygen atoms in total. The third-order valence-electron chi connectivity index (χ3n) is 1.41. The molecule has 4 N–H and O–H groups in total. The summed E-state index contributed by atoms with van der Waals surface area (Å²) in [7, 11) is 0. The maximum atomic E-state index is 10.1. The molecule has 16 heavy (non-hydrogen) atoms. The van der Waals surface area contributed by atoms with Gasteiger partial charge in [-0.2, -0.15) is 0 Å². The van der Waals surface area contributed by atoms with E-state index in [-0.39, 0.29) is 18.0 Å². The first-order valence-corrected chi connectivity index (χ1v) is 4.55. The Morgan fingerprint density at radius 1 is 1.31 bits per heavy atom. The third-order valence-corrected chi connectivity index (χ3v) is 1.41. The van der Waals surface area contributed by atoms with Crippen molar-refractivity contribution in [3.63, 3.8) is 0 Å². The highest BCUT2D eigenvalue weighted by Gasteiger charge is 2.11. The number of hydrogen-bond donors (Lipinski definition) is 3. The molecule has 0 aromatic rings. The molecule has 1 unspecified atom stereocenters. The molecule has 1 atom stereocenters. The largest absolute Gasteiger partial charge is 0.480 e. The molecule has 0 aliphatic heterocycles. The summed E-state index contributed by atoms with van der Waals surface area (Å²) in [5, 5.41) is 16.2. The Balaban J connectivity index is -0.000000214. The minimum Gasteiger partial charge on any atom is -0.480 e. The van der Waals surface area contributed by atoms with Crippen LogP contribution >= 0.6 is 12.4 Å². The van der Waals surface area contributed by atoms with Crippen molar-refractivity contribution in [2.45, 2.75) is 33.2 Å². The summed E-state index contributed by atoms with van der Waals surface area (Å²) in [6, 6.07) is -0.690. The number of hydrogen-bond acceptors (Lipinski definition) is 3. The van der Waals surface area contributed by atoms with E-state index in [1.807, 2.05) is 13.8 Å². The number of aliphatic carboxylic acids is 2. The fourth-order valence-electron chi connectivity index (χ4n) is 0.609. The second-order valence-electron chi connectivity index (χ2n) is 3.66. The van der Waals surface area contributed by atoms with Gasteiger partial charge in [0, 0.05) is 5.57 Å².